The third-order valence-electron chi connectivity index (χ3n) is 5.81. The molecular weight excluding hydrogens is 476 g/mol. The van der Waals surface area contributed by atoms with Crippen LogP contribution in [0.15, 0.2) is 69.6 Å². The quantitative estimate of drug-likeness (QED) is 0.480. The molecule has 0 fully saturated rings. The van der Waals surface area contributed by atoms with E-state index in [1.165, 1.54) is 23.0 Å². The molecule has 0 N–H and O–H groups in total. The Morgan fingerprint density at radius 3 is 2.33 bits per heavy atom. The van der Waals surface area contributed by atoms with Gasteiger partial charge in [0.15, 0.2) is 4.80 Å². The minimum absolute atomic E-state index is 0.156. The summed E-state index contributed by atoms with van der Waals surface area (Å²) in [5, 5.41) is 0. The molecule has 3 aromatic rings. The van der Waals surface area contributed by atoms with Crippen molar-refractivity contribution < 1.29 is 19.1 Å². The number of allylic oxidation sites excluding steroid dienone is 1. The highest BCUT2D eigenvalue weighted by molar-refractivity contribution is 7.07. The van der Waals surface area contributed by atoms with E-state index in [1.54, 1.807) is 31.2 Å². The maximum absolute atomic E-state index is 13.7. The van der Waals surface area contributed by atoms with Crippen LogP contribution in [0.5, 0.6) is 0 Å². The Labute approximate surface area is 213 Å². The van der Waals surface area contributed by atoms with E-state index in [9.17, 15) is 14.4 Å². The van der Waals surface area contributed by atoms with E-state index in [1.807, 2.05) is 51.1 Å². The van der Waals surface area contributed by atoms with Gasteiger partial charge < -0.3 is 9.47 Å². The first-order valence-corrected chi connectivity index (χ1v) is 12.5. The van der Waals surface area contributed by atoms with Crippen molar-refractivity contribution in [3.05, 3.63) is 102 Å². The largest absolute Gasteiger partial charge is 0.465 e. The van der Waals surface area contributed by atoms with Gasteiger partial charge in [-0.2, -0.15) is 0 Å². The molecule has 1 aliphatic heterocycles. The van der Waals surface area contributed by atoms with Crippen LogP contribution in [0.2, 0.25) is 0 Å². The molecule has 0 saturated heterocycles. The Balaban J connectivity index is 1.88. The summed E-state index contributed by atoms with van der Waals surface area (Å²) in [6, 6.07) is 13.8. The van der Waals surface area contributed by atoms with E-state index in [4.69, 9.17) is 9.47 Å². The van der Waals surface area contributed by atoms with Crippen LogP contribution in [0.1, 0.15) is 53.9 Å². The summed E-state index contributed by atoms with van der Waals surface area (Å²) < 4.78 is 12.4. The third-order valence-corrected chi connectivity index (χ3v) is 6.79. The third kappa shape index (κ3) is 5.09. The maximum Gasteiger partial charge on any atom is 0.338 e. The van der Waals surface area contributed by atoms with Crippen LogP contribution in [0.3, 0.4) is 0 Å². The number of ether oxygens (including phenoxy) is 2. The minimum atomic E-state index is -0.743. The zero-order valence-electron chi connectivity index (χ0n) is 20.9. The predicted molar refractivity (Wildman–Crippen MR) is 139 cm³/mol. The predicted octanol–water partition coefficient (Wildman–Crippen LogP) is 3.53. The van der Waals surface area contributed by atoms with Gasteiger partial charge in [-0.1, -0.05) is 67.1 Å². The molecule has 0 radical (unpaired) electrons. The SMILES string of the molecule is COC(=O)c1ccc(C2C(C(=O)OCC(C)C)=C(C)N=c3s/c(=C/c4ccc(C)cc4)c(=O)n32)cc1. The molecule has 0 saturated carbocycles. The van der Waals surface area contributed by atoms with Crippen molar-refractivity contribution in [3.8, 4) is 0 Å². The molecule has 1 aliphatic rings. The zero-order valence-corrected chi connectivity index (χ0v) is 21.7. The summed E-state index contributed by atoms with van der Waals surface area (Å²) in [6.45, 7) is 7.92. The lowest BCUT2D eigenvalue weighted by Gasteiger charge is -2.25. The monoisotopic (exact) mass is 504 g/mol. The Morgan fingerprint density at radius 2 is 1.72 bits per heavy atom. The molecule has 2 heterocycles. The van der Waals surface area contributed by atoms with Gasteiger partial charge in [0.2, 0.25) is 0 Å². The number of carbonyl (C=O) groups excluding carboxylic acids is 2. The second-order valence-electron chi connectivity index (χ2n) is 9.10. The number of rotatable bonds is 6. The van der Waals surface area contributed by atoms with Crippen molar-refractivity contribution in [2.45, 2.75) is 33.7 Å². The number of nitrogens with zero attached hydrogens (tertiary/aromatic N) is 2. The van der Waals surface area contributed by atoms with Crippen LogP contribution in [0, 0.1) is 12.8 Å². The van der Waals surface area contributed by atoms with E-state index in [0.29, 0.717) is 31.7 Å². The van der Waals surface area contributed by atoms with Crippen molar-refractivity contribution in [3.63, 3.8) is 0 Å². The number of thiazole rings is 1. The maximum atomic E-state index is 13.7. The molecule has 4 rings (SSSR count). The molecule has 1 aromatic heterocycles. The topological polar surface area (TPSA) is 87.0 Å². The summed E-state index contributed by atoms with van der Waals surface area (Å²) in [5.41, 5.74) is 3.61. The summed E-state index contributed by atoms with van der Waals surface area (Å²) in [6.07, 6.45) is 1.83. The summed E-state index contributed by atoms with van der Waals surface area (Å²) >= 11 is 1.27. The summed E-state index contributed by atoms with van der Waals surface area (Å²) in [7, 11) is 1.32. The normalized spacial score (nSPS) is 15.5. The van der Waals surface area contributed by atoms with E-state index in [2.05, 4.69) is 4.99 Å². The van der Waals surface area contributed by atoms with Gasteiger partial charge in [-0.15, -0.1) is 0 Å². The summed E-state index contributed by atoms with van der Waals surface area (Å²) in [5.74, 6) is -0.824. The molecule has 0 aliphatic carbocycles. The fourth-order valence-electron chi connectivity index (χ4n) is 3.95. The highest BCUT2D eigenvalue weighted by atomic mass is 32.1. The Morgan fingerprint density at radius 1 is 1.06 bits per heavy atom. The molecule has 0 bridgehead atoms. The van der Waals surface area contributed by atoms with Gasteiger partial charge in [0.1, 0.15) is 0 Å². The lowest BCUT2D eigenvalue weighted by molar-refractivity contribution is -0.140. The van der Waals surface area contributed by atoms with Gasteiger partial charge in [0.25, 0.3) is 5.56 Å². The second-order valence-corrected chi connectivity index (χ2v) is 10.1. The van der Waals surface area contributed by atoms with Gasteiger partial charge >= 0.3 is 11.9 Å². The number of methoxy groups -OCH3 is 1. The fraction of sp³-hybridized carbons (Fsp3) is 0.286. The number of hydrogen-bond donors (Lipinski definition) is 0. The first kappa shape index (κ1) is 25.3. The standard InChI is InChI=1S/C28H28N2O5S/c1-16(2)15-35-27(33)23-18(4)29-28-30(24(23)20-10-12-21(13-11-20)26(32)34-5)25(31)22(36-28)14-19-8-6-17(3)7-9-19/h6-14,16,24H,15H2,1-5H3/b22-14+. The molecule has 7 nitrogen and oxygen atoms in total. The van der Waals surface area contributed by atoms with Gasteiger partial charge in [0.05, 0.1) is 41.1 Å². The van der Waals surface area contributed by atoms with Crippen molar-refractivity contribution in [2.75, 3.05) is 13.7 Å². The molecular formula is C28H28N2O5S. The van der Waals surface area contributed by atoms with Crippen LogP contribution in [0.4, 0.5) is 0 Å². The van der Waals surface area contributed by atoms with Crippen LogP contribution in [0.25, 0.3) is 6.08 Å². The van der Waals surface area contributed by atoms with Crippen molar-refractivity contribution in [2.24, 2.45) is 10.9 Å². The molecule has 0 spiro atoms. The van der Waals surface area contributed by atoms with Crippen molar-refractivity contribution in [1.29, 1.82) is 0 Å². The average molecular weight is 505 g/mol. The lowest BCUT2D eigenvalue weighted by atomic mass is 9.95. The van der Waals surface area contributed by atoms with Crippen molar-refractivity contribution >= 4 is 29.4 Å². The van der Waals surface area contributed by atoms with Gasteiger partial charge in [-0.05, 0) is 49.1 Å². The van der Waals surface area contributed by atoms with Crippen LogP contribution < -0.4 is 14.9 Å². The van der Waals surface area contributed by atoms with Crippen LogP contribution in [-0.4, -0.2) is 30.2 Å². The molecule has 36 heavy (non-hydrogen) atoms. The number of carbonyl (C=O) groups is 2. The smallest absolute Gasteiger partial charge is 0.338 e. The van der Waals surface area contributed by atoms with Crippen LogP contribution >= 0.6 is 11.3 Å². The zero-order chi connectivity index (χ0) is 26.0. The fourth-order valence-corrected chi connectivity index (χ4v) is 5.00. The molecule has 1 atom stereocenters. The number of aryl methyl sites for hydroxylation is 1. The molecule has 1 unspecified atom stereocenters. The number of aromatic nitrogens is 1. The van der Waals surface area contributed by atoms with E-state index in [0.717, 1.165) is 11.1 Å². The number of fused-ring (bicyclic) bond motifs is 1. The van der Waals surface area contributed by atoms with Crippen LogP contribution in [-0.2, 0) is 14.3 Å². The van der Waals surface area contributed by atoms with Gasteiger partial charge in [-0.3, -0.25) is 9.36 Å². The first-order valence-electron chi connectivity index (χ1n) is 11.6. The highest BCUT2D eigenvalue weighted by Crippen LogP contribution is 2.31. The number of esters is 2. The number of benzene rings is 2. The highest BCUT2D eigenvalue weighted by Gasteiger charge is 2.33. The summed E-state index contributed by atoms with van der Waals surface area (Å²) in [4.78, 5) is 44.0. The molecule has 8 heteroatoms. The van der Waals surface area contributed by atoms with Crippen molar-refractivity contribution in [1.82, 2.24) is 4.57 Å². The second kappa shape index (κ2) is 10.5. The molecule has 2 aromatic carbocycles. The lowest BCUT2D eigenvalue weighted by Crippen LogP contribution is -2.40. The van der Waals surface area contributed by atoms with Gasteiger partial charge in [-0.25, -0.2) is 14.6 Å². The minimum Gasteiger partial charge on any atom is -0.465 e. The molecule has 0 amide bonds. The Bertz CT molecular complexity index is 1510. The Hall–Kier alpha value is -3.78. The molecule has 186 valence electrons. The van der Waals surface area contributed by atoms with E-state index in [-0.39, 0.29) is 18.1 Å². The number of hydrogen-bond acceptors (Lipinski definition) is 7. The first-order chi connectivity index (χ1) is 17.2. The Kier molecular flexibility index (Phi) is 7.35. The van der Waals surface area contributed by atoms with E-state index < -0.39 is 18.0 Å². The average Bonchev–Trinajstić information content (AvgIpc) is 3.16. The van der Waals surface area contributed by atoms with E-state index >= 15 is 0 Å². The van der Waals surface area contributed by atoms with Gasteiger partial charge in [0, 0.05) is 0 Å².